The Kier molecular flexibility index (Phi) is 4.68. The zero-order chi connectivity index (χ0) is 17.0. The van der Waals surface area contributed by atoms with Crippen molar-refractivity contribution in [2.75, 3.05) is 5.32 Å². The summed E-state index contributed by atoms with van der Waals surface area (Å²) in [6.45, 7) is 5.24. The van der Waals surface area contributed by atoms with Gasteiger partial charge in [0.05, 0.1) is 5.56 Å². The van der Waals surface area contributed by atoms with Gasteiger partial charge in [0.15, 0.2) is 0 Å². The Bertz CT molecular complexity index is 724. The van der Waals surface area contributed by atoms with Gasteiger partial charge in [-0.05, 0) is 45.0 Å². The number of carbonyl (C=O) groups excluding carboxylic acids is 2. The summed E-state index contributed by atoms with van der Waals surface area (Å²) in [5.41, 5.74) is 0.00445. The van der Waals surface area contributed by atoms with E-state index in [1.807, 2.05) is 0 Å². The van der Waals surface area contributed by atoms with Crippen LogP contribution < -0.4 is 5.32 Å². The van der Waals surface area contributed by atoms with Crippen molar-refractivity contribution < 1.29 is 18.7 Å². The topological polar surface area (TPSA) is 81.2 Å². The van der Waals surface area contributed by atoms with E-state index in [0.717, 1.165) is 12.3 Å². The molecular weight excluding hydrogens is 301 g/mol. The third kappa shape index (κ3) is 4.84. The summed E-state index contributed by atoms with van der Waals surface area (Å²) in [5, 5.41) is 2.59. The number of rotatable bonds is 3. The summed E-state index contributed by atoms with van der Waals surface area (Å²) in [6.07, 6.45) is 2.51. The molecule has 2 aromatic rings. The number of halogens is 1. The highest BCUT2D eigenvalue weighted by Crippen LogP contribution is 2.14. The molecule has 0 aromatic carbocycles. The molecule has 7 heteroatoms. The minimum Gasteiger partial charge on any atom is -0.455 e. The molecule has 0 unspecified atom stereocenters. The Morgan fingerprint density at radius 1 is 1.17 bits per heavy atom. The van der Waals surface area contributed by atoms with Crippen molar-refractivity contribution in [3.63, 3.8) is 0 Å². The Labute approximate surface area is 132 Å². The zero-order valence-electron chi connectivity index (χ0n) is 13.0. The van der Waals surface area contributed by atoms with Crippen LogP contribution in [0.2, 0.25) is 0 Å². The fourth-order valence-corrected chi connectivity index (χ4v) is 1.66. The molecule has 0 bridgehead atoms. The maximum atomic E-state index is 12.8. The van der Waals surface area contributed by atoms with E-state index in [9.17, 15) is 14.0 Å². The molecule has 2 rings (SSSR count). The van der Waals surface area contributed by atoms with Crippen LogP contribution in [0.15, 0.2) is 36.7 Å². The standard InChI is InChI=1S/C16H16FN3O3/c1-16(2,3)23-15(22)12-8-11(6-7-18-12)20-14(21)10-4-5-13(17)19-9-10/h4-9H,1-3H3,(H,18,20,21). The molecule has 2 aromatic heterocycles. The number of pyridine rings is 2. The first-order valence-electron chi connectivity index (χ1n) is 6.87. The van der Waals surface area contributed by atoms with Gasteiger partial charge in [0, 0.05) is 18.1 Å². The number of nitrogens with one attached hydrogen (secondary N) is 1. The van der Waals surface area contributed by atoms with Crippen LogP contribution in [0.4, 0.5) is 10.1 Å². The van der Waals surface area contributed by atoms with Crippen LogP contribution in [-0.2, 0) is 4.74 Å². The van der Waals surface area contributed by atoms with E-state index in [4.69, 9.17) is 4.74 Å². The second-order valence-electron chi connectivity index (χ2n) is 5.76. The van der Waals surface area contributed by atoms with Crippen molar-refractivity contribution in [1.82, 2.24) is 9.97 Å². The molecule has 0 aliphatic carbocycles. The number of aromatic nitrogens is 2. The lowest BCUT2D eigenvalue weighted by atomic mass is 10.2. The highest BCUT2D eigenvalue weighted by molar-refractivity contribution is 6.04. The van der Waals surface area contributed by atoms with Gasteiger partial charge in [-0.3, -0.25) is 4.79 Å². The number of anilines is 1. The summed E-state index contributed by atoms with van der Waals surface area (Å²) in [4.78, 5) is 31.3. The second kappa shape index (κ2) is 6.51. The predicted octanol–water partition coefficient (Wildman–Crippen LogP) is 2.82. The molecular formula is C16H16FN3O3. The van der Waals surface area contributed by atoms with Crippen LogP contribution in [0.25, 0.3) is 0 Å². The smallest absolute Gasteiger partial charge is 0.357 e. The molecule has 0 saturated heterocycles. The number of hydrogen-bond acceptors (Lipinski definition) is 5. The maximum Gasteiger partial charge on any atom is 0.357 e. The van der Waals surface area contributed by atoms with Gasteiger partial charge < -0.3 is 10.1 Å². The van der Waals surface area contributed by atoms with Crippen LogP contribution in [0, 0.1) is 5.95 Å². The van der Waals surface area contributed by atoms with Gasteiger partial charge in [0.1, 0.15) is 11.3 Å². The minimum absolute atomic E-state index is 0.0787. The lowest BCUT2D eigenvalue weighted by Crippen LogP contribution is -2.24. The van der Waals surface area contributed by atoms with Crippen LogP contribution in [0.5, 0.6) is 0 Å². The fraction of sp³-hybridized carbons (Fsp3) is 0.250. The Hall–Kier alpha value is -2.83. The van der Waals surface area contributed by atoms with E-state index >= 15 is 0 Å². The first kappa shape index (κ1) is 16.5. The average molecular weight is 317 g/mol. The second-order valence-corrected chi connectivity index (χ2v) is 5.76. The quantitative estimate of drug-likeness (QED) is 0.695. The van der Waals surface area contributed by atoms with Crippen molar-refractivity contribution in [2.45, 2.75) is 26.4 Å². The Balaban J connectivity index is 2.12. The van der Waals surface area contributed by atoms with Crippen molar-refractivity contribution in [3.8, 4) is 0 Å². The molecule has 0 aliphatic heterocycles. The highest BCUT2D eigenvalue weighted by atomic mass is 19.1. The Morgan fingerprint density at radius 3 is 2.52 bits per heavy atom. The normalized spacial score (nSPS) is 11.0. The molecule has 6 nitrogen and oxygen atoms in total. The molecule has 1 amide bonds. The van der Waals surface area contributed by atoms with Gasteiger partial charge in [-0.1, -0.05) is 0 Å². The molecule has 0 fully saturated rings. The fourth-order valence-electron chi connectivity index (χ4n) is 1.66. The van der Waals surface area contributed by atoms with Crippen LogP contribution in [-0.4, -0.2) is 27.4 Å². The van der Waals surface area contributed by atoms with Gasteiger partial charge in [-0.25, -0.2) is 14.8 Å². The summed E-state index contributed by atoms with van der Waals surface area (Å²) >= 11 is 0. The van der Waals surface area contributed by atoms with Gasteiger partial charge >= 0.3 is 5.97 Å². The number of amides is 1. The molecule has 2 heterocycles. The lowest BCUT2D eigenvalue weighted by molar-refractivity contribution is 0.00627. The van der Waals surface area contributed by atoms with E-state index in [1.165, 1.54) is 24.4 Å². The summed E-state index contributed by atoms with van der Waals surface area (Å²) in [5.74, 6) is -1.73. The van der Waals surface area contributed by atoms with Crippen molar-refractivity contribution in [1.29, 1.82) is 0 Å². The molecule has 0 spiro atoms. The first-order valence-corrected chi connectivity index (χ1v) is 6.87. The number of hydrogen-bond donors (Lipinski definition) is 1. The highest BCUT2D eigenvalue weighted by Gasteiger charge is 2.19. The molecule has 0 radical (unpaired) electrons. The number of carbonyl (C=O) groups is 2. The number of nitrogens with zero attached hydrogens (tertiary/aromatic N) is 2. The lowest BCUT2D eigenvalue weighted by Gasteiger charge is -2.19. The number of esters is 1. The van der Waals surface area contributed by atoms with E-state index < -0.39 is 23.4 Å². The Morgan fingerprint density at radius 2 is 1.91 bits per heavy atom. The van der Waals surface area contributed by atoms with Gasteiger partial charge in [0.25, 0.3) is 5.91 Å². The van der Waals surface area contributed by atoms with Crippen LogP contribution in [0.1, 0.15) is 41.6 Å². The summed E-state index contributed by atoms with van der Waals surface area (Å²) in [6, 6.07) is 5.34. The molecule has 1 N–H and O–H groups in total. The van der Waals surface area contributed by atoms with E-state index in [0.29, 0.717) is 5.69 Å². The van der Waals surface area contributed by atoms with Crippen molar-refractivity contribution in [3.05, 3.63) is 53.9 Å². The summed E-state index contributed by atoms with van der Waals surface area (Å²) in [7, 11) is 0. The molecule has 0 atom stereocenters. The molecule has 0 saturated carbocycles. The van der Waals surface area contributed by atoms with Crippen molar-refractivity contribution in [2.24, 2.45) is 0 Å². The average Bonchev–Trinajstić information content (AvgIpc) is 2.46. The van der Waals surface area contributed by atoms with Gasteiger partial charge in [-0.2, -0.15) is 4.39 Å². The van der Waals surface area contributed by atoms with E-state index in [1.54, 1.807) is 20.8 Å². The van der Waals surface area contributed by atoms with E-state index in [-0.39, 0.29) is 11.3 Å². The predicted molar refractivity (Wildman–Crippen MR) is 81.6 cm³/mol. The molecule has 23 heavy (non-hydrogen) atoms. The van der Waals surface area contributed by atoms with Gasteiger partial charge in [0.2, 0.25) is 5.95 Å². The van der Waals surface area contributed by atoms with Crippen LogP contribution >= 0.6 is 0 Å². The third-order valence-electron chi connectivity index (χ3n) is 2.62. The minimum atomic E-state index is -0.669. The SMILES string of the molecule is CC(C)(C)OC(=O)c1cc(NC(=O)c2ccc(F)nc2)ccn1. The first-order chi connectivity index (χ1) is 10.7. The molecule has 0 aliphatic rings. The van der Waals surface area contributed by atoms with Gasteiger partial charge in [-0.15, -0.1) is 0 Å². The third-order valence-corrected chi connectivity index (χ3v) is 2.62. The largest absolute Gasteiger partial charge is 0.455 e. The summed E-state index contributed by atoms with van der Waals surface area (Å²) < 4.78 is 18.0. The monoisotopic (exact) mass is 317 g/mol. The van der Waals surface area contributed by atoms with Crippen molar-refractivity contribution >= 4 is 17.6 Å². The van der Waals surface area contributed by atoms with Crippen LogP contribution in [0.3, 0.4) is 0 Å². The number of ether oxygens (including phenoxy) is 1. The van der Waals surface area contributed by atoms with E-state index in [2.05, 4.69) is 15.3 Å². The molecule has 120 valence electrons. The zero-order valence-corrected chi connectivity index (χ0v) is 13.0. The maximum absolute atomic E-state index is 12.8.